The minimum atomic E-state index is -1.52. The zero-order valence-corrected chi connectivity index (χ0v) is 17.2. The largest absolute Gasteiger partial charge is 0.463 e. The van der Waals surface area contributed by atoms with E-state index in [4.69, 9.17) is 4.74 Å². The molecule has 3 atom stereocenters. The minimum absolute atomic E-state index is 0.0564. The summed E-state index contributed by atoms with van der Waals surface area (Å²) in [4.78, 5) is 15.7. The van der Waals surface area contributed by atoms with E-state index in [1.807, 2.05) is 30.3 Å². The van der Waals surface area contributed by atoms with Crippen LogP contribution < -0.4 is 0 Å². The van der Waals surface area contributed by atoms with E-state index in [1.54, 1.807) is 0 Å². The first-order valence-corrected chi connectivity index (χ1v) is 11.2. The monoisotopic (exact) mass is 385 g/mol. The molecule has 154 valence electrons. The predicted molar refractivity (Wildman–Crippen MR) is 110 cm³/mol. The van der Waals surface area contributed by atoms with Gasteiger partial charge in [-0.15, -0.1) is 0 Å². The van der Waals surface area contributed by atoms with Crippen LogP contribution in [-0.2, 0) is 15.1 Å². The number of fused-ring (bicyclic) bond motifs is 2. The van der Waals surface area contributed by atoms with Gasteiger partial charge in [-0.25, -0.2) is 4.79 Å². The Morgan fingerprint density at radius 1 is 1.04 bits per heavy atom. The molecule has 0 radical (unpaired) electrons. The van der Waals surface area contributed by atoms with E-state index in [0.29, 0.717) is 29.9 Å². The van der Waals surface area contributed by atoms with Crippen LogP contribution in [0.1, 0.15) is 56.9 Å². The number of piperidine rings is 1. The highest BCUT2D eigenvalue weighted by atomic mass is 16.5. The third-order valence-corrected chi connectivity index (χ3v) is 7.59. The number of nitrogens with zero attached hydrogens (tertiary/aromatic N) is 1. The van der Waals surface area contributed by atoms with Crippen molar-refractivity contribution >= 4 is 5.97 Å². The molecule has 1 N–H and O–H groups in total. The number of likely N-dealkylation sites (tertiary alicyclic amines) is 1. The highest BCUT2D eigenvalue weighted by Crippen LogP contribution is 2.43. The van der Waals surface area contributed by atoms with Crippen molar-refractivity contribution in [2.75, 3.05) is 26.7 Å². The van der Waals surface area contributed by atoms with Gasteiger partial charge in [-0.3, -0.25) is 0 Å². The van der Waals surface area contributed by atoms with E-state index in [0.717, 1.165) is 38.8 Å². The number of carbonyl (C=O) groups excluding carboxylic acids is 1. The van der Waals surface area contributed by atoms with Crippen LogP contribution in [0.25, 0.3) is 0 Å². The fraction of sp³-hybridized carbons (Fsp3) is 0.708. The fourth-order valence-corrected chi connectivity index (χ4v) is 6.03. The average molecular weight is 386 g/mol. The summed E-state index contributed by atoms with van der Waals surface area (Å²) in [7, 11) is 2.19. The molecule has 0 spiro atoms. The van der Waals surface area contributed by atoms with Crippen molar-refractivity contribution < 1.29 is 14.6 Å². The van der Waals surface area contributed by atoms with Crippen molar-refractivity contribution in [1.29, 1.82) is 0 Å². The lowest BCUT2D eigenvalue weighted by Gasteiger charge is -2.37. The van der Waals surface area contributed by atoms with Gasteiger partial charge in [0.1, 0.15) is 0 Å². The second-order valence-corrected chi connectivity index (χ2v) is 9.40. The molecule has 1 aromatic carbocycles. The summed E-state index contributed by atoms with van der Waals surface area (Å²) in [5, 5.41) is 11.7. The Morgan fingerprint density at radius 2 is 1.64 bits per heavy atom. The number of hydrogen-bond acceptors (Lipinski definition) is 4. The molecule has 3 unspecified atom stereocenters. The second-order valence-electron chi connectivity index (χ2n) is 9.40. The maximum atomic E-state index is 13.3. The van der Waals surface area contributed by atoms with Gasteiger partial charge in [0.2, 0.25) is 0 Å². The highest BCUT2D eigenvalue weighted by molar-refractivity contribution is 5.81. The molecule has 2 bridgehead atoms. The Bertz CT molecular complexity index is 641. The Hall–Kier alpha value is -1.39. The van der Waals surface area contributed by atoms with Crippen molar-refractivity contribution in [2.45, 2.75) is 57.0 Å². The van der Waals surface area contributed by atoms with Gasteiger partial charge in [-0.2, -0.15) is 0 Å². The Balaban J connectivity index is 1.50. The summed E-state index contributed by atoms with van der Waals surface area (Å²) < 4.78 is 5.90. The Kier molecular flexibility index (Phi) is 6.07. The number of ether oxygens (including phenoxy) is 1. The van der Waals surface area contributed by atoms with E-state index in [-0.39, 0.29) is 5.92 Å². The van der Waals surface area contributed by atoms with E-state index in [9.17, 15) is 9.90 Å². The molecule has 4 nitrogen and oxygen atoms in total. The molecule has 4 heteroatoms. The van der Waals surface area contributed by atoms with Crippen molar-refractivity contribution in [3.05, 3.63) is 35.9 Å². The zero-order chi connectivity index (χ0) is 19.6. The third-order valence-electron chi connectivity index (χ3n) is 7.59. The molecule has 1 aliphatic heterocycles. The highest BCUT2D eigenvalue weighted by Gasteiger charge is 2.48. The molecule has 3 fully saturated rings. The molecule has 0 aromatic heterocycles. The van der Waals surface area contributed by atoms with Gasteiger partial charge in [0, 0.05) is 24.9 Å². The van der Waals surface area contributed by atoms with Crippen molar-refractivity contribution in [3.63, 3.8) is 0 Å². The number of rotatable bonds is 5. The molecular weight excluding hydrogens is 350 g/mol. The van der Waals surface area contributed by atoms with Gasteiger partial charge in [0.15, 0.2) is 5.60 Å². The molecule has 4 rings (SSSR count). The molecule has 0 amide bonds. The third kappa shape index (κ3) is 3.86. The van der Waals surface area contributed by atoms with Gasteiger partial charge in [0.25, 0.3) is 0 Å². The summed E-state index contributed by atoms with van der Waals surface area (Å²) in [6.45, 7) is 2.67. The van der Waals surface area contributed by atoms with Gasteiger partial charge in [-0.1, -0.05) is 56.0 Å². The van der Waals surface area contributed by atoms with E-state index < -0.39 is 11.6 Å². The molecule has 2 saturated carbocycles. The molecule has 2 aliphatic carbocycles. The second kappa shape index (κ2) is 8.54. The minimum Gasteiger partial charge on any atom is -0.463 e. The van der Waals surface area contributed by atoms with Gasteiger partial charge in [0.05, 0.1) is 6.61 Å². The first-order valence-electron chi connectivity index (χ1n) is 11.2. The standard InChI is InChI=1S/C24H35NO3/c1-25-15-18-13-14-19(16-25)22(18)17-28-23(26)24(27,21-11-7-4-8-12-21)20-9-5-2-3-6-10-20/h4,7-8,11-12,18-20,22,27H,2-3,5-6,9-10,13-17H2,1H3. The number of hydrogen-bond donors (Lipinski definition) is 1. The lowest BCUT2D eigenvalue weighted by atomic mass is 9.77. The van der Waals surface area contributed by atoms with Crippen LogP contribution in [0.2, 0.25) is 0 Å². The van der Waals surface area contributed by atoms with Crippen LogP contribution in [0.5, 0.6) is 0 Å². The molecule has 28 heavy (non-hydrogen) atoms. The lowest BCUT2D eigenvalue weighted by molar-refractivity contribution is -0.177. The van der Waals surface area contributed by atoms with Crippen LogP contribution in [0.3, 0.4) is 0 Å². The summed E-state index contributed by atoms with van der Waals surface area (Å²) in [5.74, 6) is 1.22. The first kappa shape index (κ1) is 19.9. The molecule has 1 saturated heterocycles. The summed E-state index contributed by atoms with van der Waals surface area (Å²) in [6.07, 6.45) is 8.79. The Labute approximate surface area is 169 Å². The van der Waals surface area contributed by atoms with Crippen LogP contribution in [-0.4, -0.2) is 42.7 Å². The molecular formula is C24H35NO3. The summed E-state index contributed by atoms with van der Waals surface area (Å²) in [6, 6.07) is 9.50. The van der Waals surface area contributed by atoms with E-state index in [2.05, 4.69) is 11.9 Å². The smallest absolute Gasteiger partial charge is 0.343 e. The maximum Gasteiger partial charge on any atom is 0.343 e. The average Bonchev–Trinajstić information content (AvgIpc) is 2.91. The Morgan fingerprint density at radius 3 is 2.25 bits per heavy atom. The fourth-order valence-electron chi connectivity index (χ4n) is 6.03. The van der Waals surface area contributed by atoms with Crippen LogP contribution >= 0.6 is 0 Å². The quantitative estimate of drug-likeness (QED) is 0.615. The molecule has 1 aromatic rings. The molecule has 1 heterocycles. The van der Waals surface area contributed by atoms with Crippen LogP contribution in [0.15, 0.2) is 30.3 Å². The normalized spacial score (nSPS) is 31.1. The predicted octanol–water partition coefficient (Wildman–Crippen LogP) is 3.98. The van der Waals surface area contributed by atoms with Crippen LogP contribution in [0.4, 0.5) is 0 Å². The zero-order valence-electron chi connectivity index (χ0n) is 17.2. The van der Waals surface area contributed by atoms with Gasteiger partial charge < -0.3 is 14.7 Å². The van der Waals surface area contributed by atoms with Gasteiger partial charge in [-0.05, 0) is 50.1 Å². The van der Waals surface area contributed by atoms with Crippen molar-refractivity contribution in [1.82, 2.24) is 4.90 Å². The van der Waals surface area contributed by atoms with E-state index >= 15 is 0 Å². The van der Waals surface area contributed by atoms with Gasteiger partial charge >= 0.3 is 5.97 Å². The van der Waals surface area contributed by atoms with E-state index in [1.165, 1.54) is 25.7 Å². The number of benzene rings is 1. The lowest BCUT2D eigenvalue weighted by Crippen LogP contribution is -2.46. The number of esters is 1. The molecule has 3 aliphatic rings. The first-order chi connectivity index (χ1) is 13.6. The van der Waals surface area contributed by atoms with Crippen molar-refractivity contribution in [2.24, 2.45) is 23.7 Å². The number of aliphatic hydroxyl groups is 1. The van der Waals surface area contributed by atoms with Crippen molar-refractivity contribution in [3.8, 4) is 0 Å². The topological polar surface area (TPSA) is 49.8 Å². The maximum absolute atomic E-state index is 13.3. The SMILES string of the molecule is CN1CC2CCC(C1)C2COC(=O)C(O)(c1ccccc1)C1CCCCCC1. The summed E-state index contributed by atoms with van der Waals surface area (Å²) in [5.41, 5.74) is -0.825. The summed E-state index contributed by atoms with van der Waals surface area (Å²) >= 11 is 0. The number of carbonyl (C=O) groups is 1. The van der Waals surface area contributed by atoms with Crippen LogP contribution in [0, 0.1) is 23.7 Å².